The van der Waals surface area contributed by atoms with Crippen LogP contribution in [0, 0.1) is 0 Å². The highest BCUT2D eigenvalue weighted by Crippen LogP contribution is 2.22. The van der Waals surface area contributed by atoms with Crippen LogP contribution < -0.4 is 5.32 Å². The summed E-state index contributed by atoms with van der Waals surface area (Å²) in [5.41, 5.74) is 0. The Balaban J connectivity index is 2.39. The topological polar surface area (TPSA) is 55.4 Å². The molecule has 0 aliphatic heterocycles. The molecule has 4 nitrogen and oxygen atoms in total. The lowest BCUT2D eigenvalue weighted by atomic mass is 10.4. The van der Waals surface area contributed by atoms with Crippen LogP contribution in [0.4, 0.5) is 0 Å². The van der Waals surface area contributed by atoms with Gasteiger partial charge in [0.15, 0.2) is 6.61 Å². The van der Waals surface area contributed by atoms with Crippen molar-refractivity contribution >= 4 is 45.2 Å². The van der Waals surface area contributed by atoms with Crippen molar-refractivity contribution in [2.45, 2.75) is 0 Å². The van der Waals surface area contributed by atoms with E-state index in [0.717, 1.165) is 8.66 Å². The van der Waals surface area contributed by atoms with E-state index < -0.39 is 5.97 Å². The highest BCUT2D eigenvalue weighted by Gasteiger charge is 2.02. The third-order valence-corrected chi connectivity index (χ3v) is 3.19. The molecule has 6 heteroatoms. The van der Waals surface area contributed by atoms with Gasteiger partial charge in [0.2, 0.25) is 0 Å². The van der Waals surface area contributed by atoms with E-state index in [1.807, 2.05) is 12.1 Å². The molecule has 1 aromatic heterocycles. The summed E-state index contributed by atoms with van der Waals surface area (Å²) >= 11 is 4.82. The van der Waals surface area contributed by atoms with Crippen molar-refractivity contribution in [1.82, 2.24) is 5.32 Å². The minimum atomic E-state index is -0.534. The van der Waals surface area contributed by atoms with Gasteiger partial charge in [-0.1, -0.05) is 0 Å². The zero-order chi connectivity index (χ0) is 12.0. The predicted molar refractivity (Wildman–Crippen MR) is 66.1 cm³/mol. The van der Waals surface area contributed by atoms with Crippen molar-refractivity contribution in [2.24, 2.45) is 0 Å². The number of hydrogen-bond acceptors (Lipinski definition) is 4. The van der Waals surface area contributed by atoms with Gasteiger partial charge in [0.1, 0.15) is 0 Å². The summed E-state index contributed by atoms with van der Waals surface area (Å²) in [4.78, 5) is 22.9. The normalized spacial score (nSPS) is 10.4. The van der Waals surface area contributed by atoms with Crippen LogP contribution in [0.5, 0.6) is 0 Å². The average Bonchev–Trinajstić information content (AvgIpc) is 2.69. The molecule has 0 bridgehead atoms. The van der Waals surface area contributed by atoms with E-state index in [1.54, 1.807) is 6.08 Å². The van der Waals surface area contributed by atoms with Gasteiger partial charge in [-0.25, -0.2) is 4.79 Å². The van der Waals surface area contributed by atoms with Gasteiger partial charge in [-0.2, -0.15) is 0 Å². The lowest BCUT2D eigenvalue weighted by Crippen LogP contribution is -2.24. The molecule has 16 heavy (non-hydrogen) atoms. The largest absolute Gasteiger partial charge is 0.452 e. The second-order valence-electron chi connectivity index (χ2n) is 2.76. The van der Waals surface area contributed by atoms with Gasteiger partial charge >= 0.3 is 5.97 Å². The standard InChI is InChI=1S/C10H10BrNO3S/c1-12-9(13)6-15-10(14)5-3-7-2-4-8(11)16-7/h2-5H,6H2,1H3,(H,12,13). The summed E-state index contributed by atoms with van der Waals surface area (Å²) in [5.74, 6) is -0.867. The third-order valence-electron chi connectivity index (χ3n) is 1.60. The number of likely N-dealkylation sites (N-methyl/N-ethyl adjacent to an activating group) is 1. The lowest BCUT2D eigenvalue weighted by molar-refractivity contribution is -0.143. The van der Waals surface area contributed by atoms with Crippen LogP contribution in [0.3, 0.4) is 0 Å². The number of esters is 1. The fourth-order valence-electron chi connectivity index (χ4n) is 0.825. The molecule has 1 rings (SSSR count). The molecule has 0 spiro atoms. The number of ether oxygens (including phenoxy) is 1. The summed E-state index contributed by atoms with van der Waals surface area (Å²) < 4.78 is 5.67. The van der Waals surface area contributed by atoms with Crippen molar-refractivity contribution in [3.8, 4) is 0 Å². The molecule has 0 fully saturated rings. The highest BCUT2D eigenvalue weighted by atomic mass is 79.9. The maximum absolute atomic E-state index is 11.1. The lowest BCUT2D eigenvalue weighted by Gasteiger charge is -1.99. The average molecular weight is 304 g/mol. The summed E-state index contributed by atoms with van der Waals surface area (Å²) in [6.07, 6.45) is 2.93. The maximum atomic E-state index is 11.1. The van der Waals surface area contributed by atoms with Crippen LogP contribution >= 0.6 is 27.3 Å². The van der Waals surface area contributed by atoms with Gasteiger partial charge in [-0.3, -0.25) is 4.79 Å². The minimum absolute atomic E-state index is 0.256. The van der Waals surface area contributed by atoms with Crippen LogP contribution in [0.25, 0.3) is 6.08 Å². The van der Waals surface area contributed by atoms with Crippen LogP contribution in [0.2, 0.25) is 0 Å². The second kappa shape index (κ2) is 6.44. The quantitative estimate of drug-likeness (QED) is 0.682. The summed E-state index contributed by atoms with van der Waals surface area (Å²) in [7, 11) is 1.48. The van der Waals surface area contributed by atoms with Gasteiger partial charge in [0.25, 0.3) is 5.91 Å². The van der Waals surface area contributed by atoms with Crippen molar-refractivity contribution in [3.63, 3.8) is 0 Å². The Labute approximate surface area is 105 Å². The van der Waals surface area contributed by atoms with E-state index in [2.05, 4.69) is 26.0 Å². The van der Waals surface area contributed by atoms with Crippen molar-refractivity contribution in [2.75, 3.05) is 13.7 Å². The first-order valence-electron chi connectivity index (χ1n) is 4.42. The number of carbonyl (C=O) groups excluding carboxylic acids is 2. The first kappa shape index (κ1) is 12.9. The molecule has 0 aliphatic carbocycles. The number of hydrogen-bond donors (Lipinski definition) is 1. The van der Waals surface area contributed by atoms with E-state index in [4.69, 9.17) is 0 Å². The molecule has 0 radical (unpaired) electrons. The molecule has 0 aliphatic rings. The summed E-state index contributed by atoms with van der Waals surface area (Å²) in [6, 6.07) is 3.76. The maximum Gasteiger partial charge on any atom is 0.331 e. The predicted octanol–water partition coefficient (Wildman–Crippen LogP) is 1.81. The van der Waals surface area contributed by atoms with Crippen LogP contribution in [0.15, 0.2) is 22.0 Å². The minimum Gasteiger partial charge on any atom is -0.452 e. The first-order chi connectivity index (χ1) is 7.61. The molecule has 0 saturated carbocycles. The van der Waals surface area contributed by atoms with Crippen molar-refractivity contribution < 1.29 is 14.3 Å². The van der Waals surface area contributed by atoms with E-state index in [-0.39, 0.29) is 12.5 Å². The highest BCUT2D eigenvalue weighted by molar-refractivity contribution is 9.11. The van der Waals surface area contributed by atoms with E-state index >= 15 is 0 Å². The molecule has 86 valence electrons. The number of rotatable bonds is 4. The third kappa shape index (κ3) is 4.59. The van der Waals surface area contributed by atoms with Crippen molar-refractivity contribution in [1.29, 1.82) is 0 Å². The van der Waals surface area contributed by atoms with Crippen LogP contribution in [0.1, 0.15) is 4.88 Å². The smallest absolute Gasteiger partial charge is 0.331 e. The molecule has 0 aromatic carbocycles. The van der Waals surface area contributed by atoms with E-state index in [9.17, 15) is 9.59 Å². The van der Waals surface area contributed by atoms with E-state index in [0.29, 0.717) is 0 Å². The van der Waals surface area contributed by atoms with Gasteiger partial charge in [-0.05, 0) is 34.1 Å². The Kier molecular flexibility index (Phi) is 5.21. The summed E-state index contributed by atoms with van der Waals surface area (Å²) in [5, 5.41) is 2.35. The van der Waals surface area contributed by atoms with Gasteiger partial charge in [0.05, 0.1) is 3.79 Å². The fourth-order valence-corrected chi connectivity index (χ4v) is 2.15. The zero-order valence-electron chi connectivity index (χ0n) is 8.53. The molecular weight excluding hydrogens is 294 g/mol. The van der Waals surface area contributed by atoms with Crippen LogP contribution in [-0.2, 0) is 14.3 Å². The van der Waals surface area contributed by atoms with Gasteiger partial charge in [-0.15, -0.1) is 11.3 Å². The molecule has 1 N–H and O–H groups in total. The molecule has 0 atom stereocenters. The number of nitrogens with one attached hydrogen (secondary N) is 1. The number of halogens is 1. The number of amides is 1. The first-order valence-corrected chi connectivity index (χ1v) is 6.03. The number of thiophene rings is 1. The Morgan fingerprint density at radius 2 is 2.31 bits per heavy atom. The monoisotopic (exact) mass is 303 g/mol. The number of carbonyl (C=O) groups is 2. The molecule has 0 saturated heterocycles. The van der Waals surface area contributed by atoms with Gasteiger partial charge in [0, 0.05) is 18.0 Å². The molecule has 0 unspecified atom stereocenters. The molecule has 1 aromatic rings. The Morgan fingerprint density at radius 3 is 2.88 bits per heavy atom. The second-order valence-corrected chi connectivity index (χ2v) is 5.25. The Bertz CT molecular complexity index is 414. The SMILES string of the molecule is CNC(=O)COC(=O)C=Cc1ccc(Br)s1. The summed E-state index contributed by atoms with van der Waals surface area (Å²) in [6.45, 7) is -0.256. The molecular formula is C10H10BrNO3S. The fraction of sp³-hybridized carbons (Fsp3) is 0.200. The van der Waals surface area contributed by atoms with E-state index in [1.165, 1.54) is 24.5 Å². The molecule has 1 amide bonds. The Morgan fingerprint density at radius 1 is 1.56 bits per heavy atom. The molecule has 1 heterocycles. The van der Waals surface area contributed by atoms with Crippen LogP contribution in [-0.4, -0.2) is 25.5 Å². The zero-order valence-corrected chi connectivity index (χ0v) is 10.9. The van der Waals surface area contributed by atoms with Crippen molar-refractivity contribution in [3.05, 3.63) is 26.9 Å². The Hall–Kier alpha value is -1.14. The van der Waals surface area contributed by atoms with Gasteiger partial charge < -0.3 is 10.1 Å².